The molecule has 1 N–H and O–H groups in total. The first kappa shape index (κ1) is 17.4. The Kier molecular flexibility index (Phi) is 6.40. The second kappa shape index (κ2) is 8.08. The molecular formula is C15H23NO4S2. The largest absolute Gasteiger partial charge is 0.493 e. The Balaban J connectivity index is 1.91. The number of ether oxygens (including phenoxy) is 2. The van der Waals surface area contributed by atoms with Gasteiger partial charge in [0.15, 0.2) is 11.5 Å². The van der Waals surface area contributed by atoms with Crippen molar-refractivity contribution in [3.63, 3.8) is 0 Å². The molecule has 22 heavy (non-hydrogen) atoms. The molecule has 0 aliphatic heterocycles. The number of hydrogen-bond acceptors (Lipinski definition) is 5. The molecule has 0 heterocycles. The lowest BCUT2D eigenvalue weighted by molar-refractivity contribution is 0.354. The Bertz CT molecular complexity index is 583. The Hall–Kier alpha value is -0.920. The third-order valence-electron chi connectivity index (χ3n) is 3.72. The summed E-state index contributed by atoms with van der Waals surface area (Å²) in [7, 11) is -0.508. The van der Waals surface area contributed by atoms with Gasteiger partial charge in [-0.1, -0.05) is 12.8 Å². The molecule has 0 bridgehead atoms. The SMILES string of the molecule is COc1ccc(S(=O)(=O)NCCSC2CCCC2)cc1OC. The second-order valence-corrected chi connectivity index (χ2v) is 8.37. The van der Waals surface area contributed by atoms with Crippen molar-refractivity contribution < 1.29 is 17.9 Å². The predicted octanol–water partition coefficient (Wildman–Crippen LogP) is 2.66. The highest BCUT2D eigenvalue weighted by atomic mass is 32.2. The summed E-state index contributed by atoms with van der Waals surface area (Å²) < 4.78 is 37.5. The summed E-state index contributed by atoms with van der Waals surface area (Å²) in [4.78, 5) is 0.191. The summed E-state index contributed by atoms with van der Waals surface area (Å²) in [5.74, 6) is 1.72. The van der Waals surface area contributed by atoms with Crippen molar-refractivity contribution in [1.29, 1.82) is 0 Å². The average Bonchev–Trinajstić information content (AvgIpc) is 3.04. The van der Waals surface area contributed by atoms with Crippen LogP contribution in [-0.4, -0.2) is 40.2 Å². The zero-order chi connectivity index (χ0) is 16.0. The zero-order valence-electron chi connectivity index (χ0n) is 13.0. The Labute approximate surface area is 136 Å². The second-order valence-electron chi connectivity index (χ2n) is 5.19. The number of nitrogens with one attached hydrogen (secondary N) is 1. The molecule has 1 aliphatic rings. The molecule has 1 aromatic carbocycles. The van der Waals surface area contributed by atoms with Crippen LogP contribution in [0.3, 0.4) is 0 Å². The zero-order valence-corrected chi connectivity index (χ0v) is 14.6. The fourth-order valence-corrected chi connectivity index (χ4v) is 4.92. The number of methoxy groups -OCH3 is 2. The molecule has 2 rings (SSSR count). The van der Waals surface area contributed by atoms with E-state index in [1.54, 1.807) is 6.07 Å². The minimum atomic E-state index is -3.51. The van der Waals surface area contributed by atoms with Crippen molar-refractivity contribution >= 4 is 21.8 Å². The van der Waals surface area contributed by atoms with Crippen LogP contribution in [0.1, 0.15) is 25.7 Å². The Morgan fingerprint density at radius 2 is 1.86 bits per heavy atom. The molecule has 1 aromatic rings. The standard InChI is InChI=1S/C15H23NO4S2/c1-19-14-8-7-13(11-15(14)20-2)22(17,18)16-9-10-21-12-5-3-4-6-12/h7-8,11-12,16H,3-6,9-10H2,1-2H3. The van der Waals surface area contributed by atoms with E-state index in [9.17, 15) is 8.42 Å². The molecule has 0 spiro atoms. The minimum absolute atomic E-state index is 0.191. The monoisotopic (exact) mass is 345 g/mol. The normalized spacial score (nSPS) is 15.9. The van der Waals surface area contributed by atoms with Gasteiger partial charge in [-0.25, -0.2) is 13.1 Å². The number of rotatable bonds is 8. The lowest BCUT2D eigenvalue weighted by Crippen LogP contribution is -2.26. The molecule has 7 heteroatoms. The maximum absolute atomic E-state index is 12.3. The highest BCUT2D eigenvalue weighted by molar-refractivity contribution is 8.00. The topological polar surface area (TPSA) is 64.6 Å². The molecule has 0 unspecified atom stereocenters. The molecule has 1 fully saturated rings. The average molecular weight is 345 g/mol. The summed E-state index contributed by atoms with van der Waals surface area (Å²) in [6.07, 6.45) is 5.12. The fourth-order valence-electron chi connectivity index (χ4n) is 2.52. The van der Waals surface area contributed by atoms with Crippen LogP contribution in [0.15, 0.2) is 23.1 Å². The van der Waals surface area contributed by atoms with Crippen molar-refractivity contribution in [2.45, 2.75) is 35.8 Å². The van der Waals surface area contributed by atoms with Gasteiger partial charge in [-0.3, -0.25) is 0 Å². The number of sulfonamides is 1. The van der Waals surface area contributed by atoms with E-state index >= 15 is 0 Å². The van der Waals surface area contributed by atoms with Gasteiger partial charge in [-0.2, -0.15) is 11.8 Å². The van der Waals surface area contributed by atoms with Gasteiger partial charge >= 0.3 is 0 Å². The molecule has 5 nitrogen and oxygen atoms in total. The number of thioether (sulfide) groups is 1. The van der Waals surface area contributed by atoms with Crippen LogP contribution in [-0.2, 0) is 10.0 Å². The van der Waals surface area contributed by atoms with Crippen LogP contribution in [0.2, 0.25) is 0 Å². The van der Waals surface area contributed by atoms with E-state index in [0.717, 1.165) is 5.75 Å². The summed E-state index contributed by atoms with van der Waals surface area (Å²) in [5.41, 5.74) is 0. The fraction of sp³-hybridized carbons (Fsp3) is 0.600. The number of benzene rings is 1. The van der Waals surface area contributed by atoms with Gasteiger partial charge < -0.3 is 9.47 Å². The highest BCUT2D eigenvalue weighted by Crippen LogP contribution is 2.30. The van der Waals surface area contributed by atoms with Crippen LogP contribution in [0.4, 0.5) is 0 Å². The van der Waals surface area contributed by atoms with Crippen molar-refractivity contribution in [3.05, 3.63) is 18.2 Å². The van der Waals surface area contributed by atoms with Crippen molar-refractivity contribution in [3.8, 4) is 11.5 Å². The minimum Gasteiger partial charge on any atom is -0.493 e. The van der Waals surface area contributed by atoms with E-state index in [1.165, 1.54) is 52.0 Å². The van der Waals surface area contributed by atoms with Crippen LogP contribution < -0.4 is 14.2 Å². The molecule has 0 saturated heterocycles. The van der Waals surface area contributed by atoms with Crippen molar-refractivity contribution in [2.75, 3.05) is 26.5 Å². The summed E-state index contributed by atoms with van der Waals surface area (Å²) in [6, 6.07) is 4.60. The van der Waals surface area contributed by atoms with Crippen LogP contribution in [0, 0.1) is 0 Å². The smallest absolute Gasteiger partial charge is 0.240 e. The van der Waals surface area contributed by atoms with Crippen molar-refractivity contribution in [2.24, 2.45) is 0 Å². The van der Waals surface area contributed by atoms with Gasteiger partial charge in [-0.05, 0) is 25.0 Å². The molecule has 0 amide bonds. The van der Waals surface area contributed by atoms with Crippen molar-refractivity contribution in [1.82, 2.24) is 4.72 Å². The summed E-state index contributed by atoms with van der Waals surface area (Å²) in [5, 5.41) is 0.700. The van der Waals surface area contributed by atoms with E-state index in [4.69, 9.17) is 9.47 Å². The third kappa shape index (κ3) is 4.54. The van der Waals surface area contributed by atoms with Crippen LogP contribution in [0.25, 0.3) is 0 Å². The first-order valence-corrected chi connectivity index (χ1v) is 9.93. The maximum atomic E-state index is 12.3. The van der Waals surface area contributed by atoms with E-state index in [1.807, 2.05) is 11.8 Å². The van der Waals surface area contributed by atoms with Gasteiger partial charge in [0.25, 0.3) is 0 Å². The third-order valence-corrected chi connectivity index (χ3v) is 6.56. The van der Waals surface area contributed by atoms with E-state index in [-0.39, 0.29) is 4.90 Å². The first-order chi connectivity index (χ1) is 10.6. The van der Waals surface area contributed by atoms with Crippen LogP contribution >= 0.6 is 11.8 Å². The molecule has 0 radical (unpaired) electrons. The van der Waals surface area contributed by atoms with E-state index < -0.39 is 10.0 Å². The maximum Gasteiger partial charge on any atom is 0.240 e. The molecule has 1 aliphatic carbocycles. The Morgan fingerprint density at radius 3 is 2.50 bits per heavy atom. The predicted molar refractivity (Wildman–Crippen MR) is 89.4 cm³/mol. The number of hydrogen-bond donors (Lipinski definition) is 1. The Morgan fingerprint density at radius 1 is 1.18 bits per heavy atom. The molecule has 124 valence electrons. The van der Waals surface area contributed by atoms with Gasteiger partial charge in [0.2, 0.25) is 10.0 Å². The van der Waals surface area contributed by atoms with Crippen LogP contribution in [0.5, 0.6) is 11.5 Å². The quantitative estimate of drug-likeness (QED) is 0.734. The molecular weight excluding hydrogens is 322 g/mol. The summed E-state index contributed by atoms with van der Waals surface area (Å²) in [6.45, 7) is 0.442. The molecule has 0 atom stereocenters. The summed E-state index contributed by atoms with van der Waals surface area (Å²) >= 11 is 1.86. The first-order valence-electron chi connectivity index (χ1n) is 7.40. The highest BCUT2D eigenvalue weighted by Gasteiger charge is 2.18. The molecule has 0 aromatic heterocycles. The van der Waals surface area contributed by atoms with Gasteiger partial charge in [-0.15, -0.1) is 0 Å². The van der Waals surface area contributed by atoms with E-state index in [2.05, 4.69) is 4.72 Å². The molecule has 1 saturated carbocycles. The van der Waals surface area contributed by atoms with Gasteiger partial charge in [0.05, 0.1) is 19.1 Å². The lowest BCUT2D eigenvalue weighted by Gasteiger charge is -2.12. The van der Waals surface area contributed by atoms with Gasteiger partial charge in [0.1, 0.15) is 0 Å². The van der Waals surface area contributed by atoms with Gasteiger partial charge in [0, 0.05) is 23.6 Å². The lowest BCUT2D eigenvalue weighted by atomic mass is 10.3. The van der Waals surface area contributed by atoms with E-state index in [0.29, 0.717) is 23.3 Å².